The molecule has 0 fully saturated rings. The number of allylic oxidation sites excluding steroid dienone is 2. The molecule has 0 spiro atoms. The van der Waals surface area contributed by atoms with Crippen LogP contribution in [0.25, 0.3) is 33.0 Å². The van der Waals surface area contributed by atoms with Crippen LogP contribution in [-0.2, 0) is 33.2 Å². The standard InChI is InChI=1S/C30H25N5O6/c1-31-12-6-7-18(14-31)30(38)41-17-34-28(36)26(22-15-32(2)24-9-5-4-8-20(22)24)27(29(34)37)23-16-33(3)25-13-19(35(39)40)10-11-21(23)25/h4-13,15-16H,14,17H2,1-3H3. The van der Waals surface area contributed by atoms with E-state index in [1.807, 2.05) is 54.0 Å². The average molecular weight is 552 g/mol. The zero-order valence-electron chi connectivity index (χ0n) is 22.5. The number of nitro groups is 1. The number of rotatable bonds is 6. The van der Waals surface area contributed by atoms with E-state index in [0.717, 1.165) is 15.8 Å². The van der Waals surface area contributed by atoms with Crippen molar-refractivity contribution in [3.05, 3.63) is 100 Å². The van der Waals surface area contributed by atoms with Gasteiger partial charge in [0.15, 0.2) is 6.73 Å². The van der Waals surface area contributed by atoms with E-state index in [0.29, 0.717) is 34.1 Å². The highest BCUT2D eigenvalue weighted by Crippen LogP contribution is 2.42. The summed E-state index contributed by atoms with van der Waals surface area (Å²) in [5.41, 5.74) is 3.04. The van der Waals surface area contributed by atoms with E-state index in [1.165, 1.54) is 12.1 Å². The molecule has 2 aliphatic rings. The zero-order chi connectivity index (χ0) is 29.0. The Morgan fingerprint density at radius 2 is 1.56 bits per heavy atom. The van der Waals surface area contributed by atoms with Crippen LogP contribution in [0.15, 0.2) is 78.8 Å². The lowest BCUT2D eigenvalue weighted by molar-refractivity contribution is -0.384. The highest BCUT2D eigenvalue weighted by Gasteiger charge is 2.42. The molecule has 4 aromatic rings. The maximum Gasteiger partial charge on any atom is 0.337 e. The van der Waals surface area contributed by atoms with Gasteiger partial charge in [0.1, 0.15) is 0 Å². The first-order chi connectivity index (χ1) is 19.7. The van der Waals surface area contributed by atoms with E-state index in [9.17, 15) is 24.5 Å². The van der Waals surface area contributed by atoms with Gasteiger partial charge in [0, 0.05) is 79.6 Å². The van der Waals surface area contributed by atoms with Crippen LogP contribution < -0.4 is 0 Å². The number of aryl methyl sites for hydroxylation is 2. The number of fused-ring (bicyclic) bond motifs is 2. The van der Waals surface area contributed by atoms with E-state index >= 15 is 0 Å². The molecule has 206 valence electrons. The van der Waals surface area contributed by atoms with Gasteiger partial charge in [-0.05, 0) is 30.5 Å². The molecule has 2 aromatic carbocycles. The fourth-order valence-corrected chi connectivity index (χ4v) is 5.45. The molecule has 2 aliphatic heterocycles. The predicted molar refractivity (Wildman–Crippen MR) is 152 cm³/mol. The van der Waals surface area contributed by atoms with Crippen LogP contribution in [0.5, 0.6) is 0 Å². The van der Waals surface area contributed by atoms with Gasteiger partial charge in [-0.15, -0.1) is 0 Å². The molecule has 0 unspecified atom stereocenters. The molecule has 2 amide bonds. The first-order valence-corrected chi connectivity index (χ1v) is 12.8. The number of para-hydroxylation sites is 1. The number of ether oxygens (including phenoxy) is 1. The van der Waals surface area contributed by atoms with Crippen molar-refractivity contribution in [3.63, 3.8) is 0 Å². The second-order valence-corrected chi connectivity index (χ2v) is 10.1. The second-order valence-electron chi connectivity index (χ2n) is 10.1. The normalized spacial score (nSPS) is 15.4. The van der Waals surface area contributed by atoms with Crippen molar-refractivity contribution in [2.24, 2.45) is 14.1 Å². The summed E-state index contributed by atoms with van der Waals surface area (Å²) >= 11 is 0. The summed E-state index contributed by atoms with van der Waals surface area (Å²) in [5, 5.41) is 12.8. The minimum absolute atomic E-state index is 0.0895. The largest absolute Gasteiger partial charge is 0.440 e. The van der Waals surface area contributed by atoms with Crippen molar-refractivity contribution < 1.29 is 24.0 Å². The third kappa shape index (κ3) is 4.18. The van der Waals surface area contributed by atoms with Gasteiger partial charge in [-0.3, -0.25) is 19.7 Å². The first kappa shape index (κ1) is 25.8. The summed E-state index contributed by atoms with van der Waals surface area (Å²) < 4.78 is 9.02. The molecular formula is C30H25N5O6. The Kier molecular flexibility index (Phi) is 6.06. The van der Waals surface area contributed by atoms with Gasteiger partial charge < -0.3 is 18.8 Å². The van der Waals surface area contributed by atoms with Crippen LogP contribution in [-0.4, -0.2) is 62.0 Å². The van der Waals surface area contributed by atoms with Crippen LogP contribution in [0.4, 0.5) is 5.69 Å². The number of non-ortho nitro benzene ring substituents is 1. The summed E-state index contributed by atoms with van der Waals surface area (Å²) in [6.07, 6.45) is 8.65. The van der Waals surface area contributed by atoms with Crippen LogP contribution in [0.2, 0.25) is 0 Å². The molecule has 0 atom stereocenters. The summed E-state index contributed by atoms with van der Waals surface area (Å²) in [7, 11) is 5.39. The molecule has 0 radical (unpaired) electrons. The second kappa shape index (κ2) is 9.63. The number of likely N-dealkylation sites (N-methyl/N-ethyl adjacent to an activating group) is 1. The van der Waals surface area contributed by atoms with Crippen molar-refractivity contribution in [2.45, 2.75) is 0 Å². The SMILES string of the molecule is CN1C=CC=C(C(=O)OCN2C(=O)C(c3cn(C)c4ccccc34)=C(c3cn(C)c4cc([N+](=O)[O-])ccc34)C2=O)C1. The lowest BCUT2D eigenvalue weighted by Gasteiger charge is -2.20. The molecule has 2 aromatic heterocycles. The van der Waals surface area contributed by atoms with Crippen LogP contribution >= 0.6 is 0 Å². The number of hydrogen-bond acceptors (Lipinski definition) is 7. The molecule has 0 saturated heterocycles. The quantitative estimate of drug-likeness (QED) is 0.155. The molecule has 0 aliphatic carbocycles. The number of amides is 2. The zero-order valence-corrected chi connectivity index (χ0v) is 22.5. The van der Waals surface area contributed by atoms with E-state index < -0.39 is 29.4 Å². The average Bonchev–Trinajstić information content (AvgIpc) is 3.55. The number of esters is 1. The van der Waals surface area contributed by atoms with Crippen molar-refractivity contribution in [2.75, 3.05) is 20.3 Å². The molecule has 4 heterocycles. The monoisotopic (exact) mass is 551 g/mol. The van der Waals surface area contributed by atoms with E-state index in [4.69, 9.17) is 4.74 Å². The lowest BCUT2D eigenvalue weighted by atomic mass is 9.95. The van der Waals surface area contributed by atoms with E-state index in [2.05, 4.69) is 0 Å². The third-order valence-corrected chi connectivity index (χ3v) is 7.43. The van der Waals surface area contributed by atoms with E-state index in [-0.39, 0.29) is 16.8 Å². The smallest absolute Gasteiger partial charge is 0.337 e. The number of carbonyl (C=O) groups excluding carboxylic acids is 3. The van der Waals surface area contributed by atoms with Gasteiger partial charge in [-0.2, -0.15) is 0 Å². The third-order valence-electron chi connectivity index (χ3n) is 7.43. The number of carbonyl (C=O) groups is 3. The Bertz CT molecular complexity index is 1910. The van der Waals surface area contributed by atoms with Gasteiger partial charge in [0.2, 0.25) is 0 Å². The highest BCUT2D eigenvalue weighted by molar-refractivity contribution is 6.50. The van der Waals surface area contributed by atoms with Gasteiger partial charge in [0.05, 0.1) is 27.2 Å². The van der Waals surface area contributed by atoms with Crippen molar-refractivity contribution in [1.29, 1.82) is 0 Å². The minimum Gasteiger partial charge on any atom is -0.440 e. The summed E-state index contributed by atoms with van der Waals surface area (Å²) in [6.45, 7) is -0.223. The molecule has 41 heavy (non-hydrogen) atoms. The Labute approximate surface area is 233 Å². The molecular weight excluding hydrogens is 526 g/mol. The lowest BCUT2D eigenvalue weighted by Crippen LogP contribution is -2.35. The summed E-state index contributed by atoms with van der Waals surface area (Å²) in [4.78, 5) is 54.5. The summed E-state index contributed by atoms with van der Waals surface area (Å²) in [5.74, 6) is -1.84. The van der Waals surface area contributed by atoms with Crippen LogP contribution in [0.1, 0.15) is 11.1 Å². The molecule has 0 bridgehead atoms. The van der Waals surface area contributed by atoms with Gasteiger partial charge >= 0.3 is 5.97 Å². The number of benzene rings is 2. The Morgan fingerprint density at radius 1 is 0.927 bits per heavy atom. The van der Waals surface area contributed by atoms with Crippen molar-refractivity contribution in [1.82, 2.24) is 18.9 Å². The fraction of sp³-hybridized carbons (Fsp3) is 0.167. The van der Waals surface area contributed by atoms with Crippen molar-refractivity contribution >= 4 is 56.4 Å². The fourth-order valence-electron chi connectivity index (χ4n) is 5.45. The number of hydrogen-bond donors (Lipinski definition) is 0. The van der Waals surface area contributed by atoms with Gasteiger partial charge in [0.25, 0.3) is 17.5 Å². The first-order valence-electron chi connectivity index (χ1n) is 12.8. The maximum atomic E-state index is 14.0. The Morgan fingerprint density at radius 3 is 2.22 bits per heavy atom. The van der Waals surface area contributed by atoms with Crippen LogP contribution in [0, 0.1) is 10.1 Å². The minimum atomic E-state index is -0.626. The molecule has 0 saturated carbocycles. The molecule has 6 rings (SSSR count). The highest BCUT2D eigenvalue weighted by atomic mass is 16.6. The Hall–Kier alpha value is -5.45. The summed E-state index contributed by atoms with van der Waals surface area (Å²) in [6, 6.07) is 11.9. The van der Waals surface area contributed by atoms with Crippen LogP contribution in [0.3, 0.4) is 0 Å². The molecule has 11 heteroatoms. The predicted octanol–water partition coefficient (Wildman–Crippen LogP) is 3.74. The Balaban J connectivity index is 1.47. The number of aromatic nitrogens is 2. The topological polar surface area (TPSA) is 120 Å². The van der Waals surface area contributed by atoms with Crippen molar-refractivity contribution in [3.8, 4) is 0 Å². The number of nitro benzene ring substituents is 1. The van der Waals surface area contributed by atoms with Gasteiger partial charge in [-0.1, -0.05) is 18.2 Å². The molecule has 11 nitrogen and oxygen atoms in total. The number of nitrogens with zero attached hydrogens (tertiary/aromatic N) is 5. The van der Waals surface area contributed by atoms with E-state index in [1.54, 1.807) is 42.2 Å². The number of imide groups is 1. The van der Waals surface area contributed by atoms with Gasteiger partial charge in [-0.25, -0.2) is 9.69 Å². The maximum absolute atomic E-state index is 14.0. The molecule has 0 N–H and O–H groups in total.